The van der Waals surface area contributed by atoms with E-state index in [1.54, 1.807) is 6.92 Å². The van der Waals surface area contributed by atoms with E-state index in [-0.39, 0.29) is 5.56 Å². The van der Waals surface area contributed by atoms with Gasteiger partial charge in [-0.05, 0) is 37.6 Å². The minimum absolute atomic E-state index is 0.287. The van der Waals surface area contributed by atoms with Crippen LogP contribution in [-0.2, 0) is 11.0 Å². The van der Waals surface area contributed by atoms with Crippen molar-refractivity contribution in [1.29, 1.82) is 0 Å². The summed E-state index contributed by atoms with van der Waals surface area (Å²) in [6, 6.07) is 4.67. The number of hydrogen-bond donors (Lipinski definition) is 2. The Hall–Kier alpha value is -2.77. The molecule has 0 aliphatic carbocycles. The number of halogens is 3. The van der Waals surface area contributed by atoms with E-state index in [4.69, 9.17) is 4.42 Å². The normalized spacial score (nSPS) is 13.8. The SMILES string of the molecule is CC(NC(=O)c1ccoc1)C(=O)NC(C)c1ccc(C(F)(F)F)cc1. The Morgan fingerprint density at radius 1 is 1.04 bits per heavy atom. The fourth-order valence-electron chi connectivity index (χ4n) is 2.12. The van der Waals surface area contributed by atoms with Gasteiger partial charge in [-0.15, -0.1) is 0 Å². The van der Waals surface area contributed by atoms with E-state index in [9.17, 15) is 22.8 Å². The second-order valence-corrected chi connectivity index (χ2v) is 5.56. The molecule has 0 saturated heterocycles. The number of carbonyl (C=O) groups is 2. The van der Waals surface area contributed by atoms with Crippen LogP contribution < -0.4 is 10.6 Å². The van der Waals surface area contributed by atoms with Crippen LogP contribution in [0, 0.1) is 0 Å². The highest BCUT2D eigenvalue weighted by Gasteiger charge is 2.30. The first-order valence-corrected chi connectivity index (χ1v) is 7.49. The van der Waals surface area contributed by atoms with Crippen molar-refractivity contribution in [3.05, 3.63) is 59.5 Å². The molecule has 1 aromatic heterocycles. The zero-order valence-corrected chi connectivity index (χ0v) is 13.6. The summed E-state index contributed by atoms with van der Waals surface area (Å²) in [4.78, 5) is 24.0. The molecule has 2 amide bonds. The third kappa shape index (κ3) is 4.85. The summed E-state index contributed by atoms with van der Waals surface area (Å²) in [7, 11) is 0. The Labute approximate surface area is 142 Å². The molecular weight excluding hydrogens is 337 g/mol. The van der Waals surface area contributed by atoms with Crippen molar-refractivity contribution >= 4 is 11.8 Å². The Kier molecular flexibility index (Phi) is 5.51. The number of alkyl halides is 3. The van der Waals surface area contributed by atoms with Crippen LogP contribution in [-0.4, -0.2) is 17.9 Å². The van der Waals surface area contributed by atoms with Crippen molar-refractivity contribution in [2.45, 2.75) is 32.1 Å². The van der Waals surface area contributed by atoms with Crippen LogP contribution in [0.4, 0.5) is 13.2 Å². The molecule has 2 rings (SSSR count). The lowest BCUT2D eigenvalue weighted by molar-refractivity contribution is -0.137. The molecule has 134 valence electrons. The van der Waals surface area contributed by atoms with Gasteiger partial charge in [-0.2, -0.15) is 13.2 Å². The molecule has 5 nitrogen and oxygen atoms in total. The van der Waals surface area contributed by atoms with Crippen LogP contribution in [0.5, 0.6) is 0 Å². The predicted octanol–water partition coefficient (Wildman–Crippen LogP) is 3.29. The molecule has 0 saturated carbocycles. The molecule has 8 heteroatoms. The molecule has 0 bridgehead atoms. The molecule has 0 spiro atoms. The van der Waals surface area contributed by atoms with Gasteiger partial charge in [0.1, 0.15) is 12.3 Å². The highest BCUT2D eigenvalue weighted by atomic mass is 19.4. The van der Waals surface area contributed by atoms with Gasteiger partial charge in [0.2, 0.25) is 5.91 Å². The summed E-state index contributed by atoms with van der Waals surface area (Å²) >= 11 is 0. The van der Waals surface area contributed by atoms with Gasteiger partial charge < -0.3 is 15.1 Å². The number of furan rings is 1. The maximum Gasteiger partial charge on any atom is 0.416 e. The quantitative estimate of drug-likeness (QED) is 0.865. The fraction of sp³-hybridized carbons (Fsp3) is 0.294. The van der Waals surface area contributed by atoms with Crippen molar-refractivity contribution in [1.82, 2.24) is 10.6 Å². The van der Waals surface area contributed by atoms with Gasteiger partial charge in [0.05, 0.1) is 23.4 Å². The van der Waals surface area contributed by atoms with Crippen LogP contribution in [0.25, 0.3) is 0 Å². The van der Waals surface area contributed by atoms with Crippen molar-refractivity contribution in [3.8, 4) is 0 Å². The second kappa shape index (κ2) is 7.42. The first kappa shape index (κ1) is 18.6. The first-order valence-electron chi connectivity index (χ1n) is 7.49. The number of nitrogens with one attached hydrogen (secondary N) is 2. The molecule has 1 aromatic carbocycles. The van der Waals surface area contributed by atoms with E-state index < -0.39 is 35.6 Å². The second-order valence-electron chi connectivity index (χ2n) is 5.56. The smallest absolute Gasteiger partial charge is 0.416 e. The Morgan fingerprint density at radius 2 is 1.68 bits per heavy atom. The van der Waals surface area contributed by atoms with E-state index in [1.807, 2.05) is 0 Å². The Morgan fingerprint density at radius 3 is 2.20 bits per heavy atom. The highest BCUT2D eigenvalue weighted by Crippen LogP contribution is 2.29. The third-order valence-electron chi connectivity index (χ3n) is 3.62. The topological polar surface area (TPSA) is 71.3 Å². The number of rotatable bonds is 5. The lowest BCUT2D eigenvalue weighted by atomic mass is 10.1. The third-order valence-corrected chi connectivity index (χ3v) is 3.62. The van der Waals surface area contributed by atoms with Gasteiger partial charge >= 0.3 is 6.18 Å². The average Bonchev–Trinajstić information content (AvgIpc) is 3.08. The number of hydrogen-bond acceptors (Lipinski definition) is 3. The maximum absolute atomic E-state index is 12.6. The van der Waals surface area contributed by atoms with E-state index in [0.717, 1.165) is 12.1 Å². The Bertz CT molecular complexity index is 725. The highest BCUT2D eigenvalue weighted by molar-refractivity contribution is 5.97. The number of carbonyl (C=O) groups excluding carboxylic acids is 2. The molecular formula is C17H17F3N2O3. The first-order chi connectivity index (χ1) is 11.7. The van der Waals surface area contributed by atoms with Crippen molar-refractivity contribution in [3.63, 3.8) is 0 Å². The van der Waals surface area contributed by atoms with Crippen LogP contribution in [0.15, 0.2) is 47.3 Å². The summed E-state index contributed by atoms with van der Waals surface area (Å²) in [5.74, 6) is -0.914. The molecule has 0 aliphatic rings. The van der Waals surface area contributed by atoms with Gasteiger partial charge in [-0.25, -0.2) is 0 Å². The summed E-state index contributed by atoms with van der Waals surface area (Å²) in [5, 5.41) is 5.15. The fourth-order valence-corrected chi connectivity index (χ4v) is 2.12. The van der Waals surface area contributed by atoms with Crippen LogP contribution in [0.2, 0.25) is 0 Å². The maximum atomic E-state index is 12.6. The molecule has 2 atom stereocenters. The van der Waals surface area contributed by atoms with Crippen molar-refractivity contribution in [2.24, 2.45) is 0 Å². The summed E-state index contributed by atoms with van der Waals surface area (Å²) in [5.41, 5.74) is 0.0562. The lowest BCUT2D eigenvalue weighted by Gasteiger charge is -2.19. The Balaban J connectivity index is 1.93. The molecule has 25 heavy (non-hydrogen) atoms. The van der Waals surface area contributed by atoms with E-state index in [2.05, 4.69) is 10.6 Å². The average molecular weight is 354 g/mol. The predicted molar refractivity (Wildman–Crippen MR) is 83.6 cm³/mol. The van der Waals surface area contributed by atoms with E-state index >= 15 is 0 Å². The van der Waals surface area contributed by atoms with Gasteiger partial charge in [0.15, 0.2) is 0 Å². The molecule has 2 unspecified atom stereocenters. The number of amides is 2. The molecule has 2 N–H and O–H groups in total. The van der Waals surface area contributed by atoms with Gasteiger partial charge in [-0.1, -0.05) is 12.1 Å². The van der Waals surface area contributed by atoms with Gasteiger partial charge in [0, 0.05) is 0 Å². The number of benzene rings is 1. The van der Waals surface area contributed by atoms with Crippen LogP contribution >= 0.6 is 0 Å². The minimum Gasteiger partial charge on any atom is -0.472 e. The van der Waals surface area contributed by atoms with Gasteiger partial charge in [-0.3, -0.25) is 9.59 Å². The van der Waals surface area contributed by atoms with Crippen LogP contribution in [0.1, 0.15) is 41.4 Å². The zero-order valence-electron chi connectivity index (χ0n) is 13.6. The van der Waals surface area contributed by atoms with E-state index in [0.29, 0.717) is 5.56 Å². The molecule has 0 aliphatic heterocycles. The van der Waals surface area contributed by atoms with Crippen molar-refractivity contribution in [2.75, 3.05) is 0 Å². The standard InChI is InChI=1S/C17H17F3N2O3/c1-10(12-3-5-14(6-4-12)17(18,19)20)21-15(23)11(2)22-16(24)13-7-8-25-9-13/h3-11H,1-2H3,(H,21,23)(H,22,24). The zero-order chi connectivity index (χ0) is 18.6. The molecule has 0 radical (unpaired) electrons. The summed E-state index contributed by atoms with van der Waals surface area (Å²) < 4.78 is 42.5. The molecule has 1 heterocycles. The summed E-state index contributed by atoms with van der Waals surface area (Å²) in [6.45, 7) is 3.15. The molecule has 2 aromatic rings. The van der Waals surface area contributed by atoms with E-state index in [1.165, 1.54) is 37.6 Å². The largest absolute Gasteiger partial charge is 0.472 e. The molecule has 0 fully saturated rings. The minimum atomic E-state index is -4.41. The van der Waals surface area contributed by atoms with Crippen molar-refractivity contribution < 1.29 is 27.2 Å². The van der Waals surface area contributed by atoms with Crippen LogP contribution in [0.3, 0.4) is 0 Å². The lowest BCUT2D eigenvalue weighted by Crippen LogP contribution is -2.45. The summed E-state index contributed by atoms with van der Waals surface area (Å²) in [6.07, 6.45) is -1.81. The van der Waals surface area contributed by atoms with Gasteiger partial charge in [0.25, 0.3) is 5.91 Å². The monoisotopic (exact) mass is 354 g/mol.